The number of alkyl halides is 2. The van der Waals surface area contributed by atoms with Gasteiger partial charge >= 0.3 is 0 Å². The molecule has 0 radical (unpaired) electrons. The molecule has 0 atom stereocenters. The molecule has 0 spiro atoms. The highest BCUT2D eigenvalue weighted by Gasteiger charge is 2.38. The van der Waals surface area contributed by atoms with E-state index in [1.807, 2.05) is 36.2 Å². The van der Waals surface area contributed by atoms with Crippen LogP contribution in [0.25, 0.3) is 16.8 Å². The molecule has 5 heterocycles. The van der Waals surface area contributed by atoms with Gasteiger partial charge in [-0.3, -0.25) is 14.9 Å². The van der Waals surface area contributed by atoms with Gasteiger partial charge in [0.1, 0.15) is 23.9 Å². The summed E-state index contributed by atoms with van der Waals surface area (Å²) in [6, 6.07) is 5.47. The van der Waals surface area contributed by atoms with Crippen LogP contribution in [-0.2, 0) is 13.0 Å². The highest BCUT2D eigenvalue weighted by atomic mass is 19.3. The maximum atomic E-state index is 16.6. The summed E-state index contributed by atoms with van der Waals surface area (Å²) >= 11 is 0. The van der Waals surface area contributed by atoms with E-state index in [0.29, 0.717) is 60.1 Å². The van der Waals surface area contributed by atoms with Crippen LogP contribution in [0.5, 0.6) is 0 Å². The van der Waals surface area contributed by atoms with Gasteiger partial charge < -0.3 is 20.5 Å². The second kappa shape index (κ2) is 10.9. The summed E-state index contributed by atoms with van der Waals surface area (Å²) in [6.07, 6.45) is 11.1. The molecule has 0 bridgehead atoms. The lowest BCUT2D eigenvalue weighted by Crippen LogP contribution is -2.29. The van der Waals surface area contributed by atoms with Crippen LogP contribution in [-0.4, -0.2) is 76.3 Å². The molecule has 1 aliphatic carbocycles. The molecule has 0 amide bonds. The average molecular weight is 589 g/mol. The minimum Gasteiger partial charge on any atom is -0.402 e. The van der Waals surface area contributed by atoms with E-state index in [1.54, 1.807) is 23.4 Å². The highest BCUT2D eigenvalue weighted by molar-refractivity contribution is 6.16. The highest BCUT2D eigenvalue weighted by Crippen LogP contribution is 2.36. The van der Waals surface area contributed by atoms with Crippen molar-refractivity contribution in [1.29, 1.82) is 0 Å². The smallest absolute Gasteiger partial charge is 0.261 e. The summed E-state index contributed by atoms with van der Waals surface area (Å²) in [5.41, 5.74) is 13.1. The van der Waals surface area contributed by atoms with Crippen molar-refractivity contribution >= 4 is 17.1 Å². The number of fused-ring (bicyclic) bond motifs is 2. The van der Waals surface area contributed by atoms with Crippen molar-refractivity contribution in [3.05, 3.63) is 82.6 Å². The molecule has 3 N–H and O–H groups in total. The van der Waals surface area contributed by atoms with Crippen molar-refractivity contribution in [1.82, 2.24) is 24.8 Å². The van der Waals surface area contributed by atoms with Crippen LogP contribution in [0, 0.1) is 5.82 Å². The zero-order valence-electron chi connectivity index (χ0n) is 24.2. The predicted octanol–water partition coefficient (Wildman–Crippen LogP) is 4.92. The Bertz CT molecular complexity index is 1650. The summed E-state index contributed by atoms with van der Waals surface area (Å²) in [5.74, 6) is -2.59. The number of halogens is 3. The number of rotatable bonds is 5. The third-order valence-electron chi connectivity index (χ3n) is 8.75. The molecule has 3 aliphatic heterocycles. The first-order valence-corrected chi connectivity index (χ1v) is 14.9. The summed E-state index contributed by atoms with van der Waals surface area (Å²) < 4.78 is 44.1. The molecule has 1 aromatic carbocycles. The van der Waals surface area contributed by atoms with E-state index in [2.05, 4.69) is 14.9 Å². The molecule has 11 heteroatoms. The Hall–Kier alpha value is -4.12. The van der Waals surface area contributed by atoms with Crippen molar-refractivity contribution in [2.75, 3.05) is 44.8 Å². The lowest BCUT2D eigenvalue weighted by molar-refractivity contribution is 0.0115. The number of likely N-dealkylation sites (tertiary alicyclic amines) is 2. The molecule has 4 aliphatic rings. The number of aliphatic imine (C=N–C) groups is 1. The zero-order chi connectivity index (χ0) is 29.7. The van der Waals surface area contributed by atoms with E-state index in [-0.39, 0.29) is 13.0 Å². The second-order valence-corrected chi connectivity index (χ2v) is 12.0. The minimum absolute atomic E-state index is 0.149. The number of aromatic amines is 1. The fourth-order valence-electron chi connectivity index (χ4n) is 6.56. The minimum atomic E-state index is -2.67. The number of nitrogens with one attached hydrogen (secondary N) is 1. The van der Waals surface area contributed by atoms with Gasteiger partial charge in [-0.2, -0.15) is 0 Å². The lowest BCUT2D eigenvalue weighted by atomic mass is 9.96. The van der Waals surface area contributed by atoms with Gasteiger partial charge in [-0.05, 0) is 55.2 Å². The van der Waals surface area contributed by atoms with Crippen molar-refractivity contribution in [3.8, 4) is 11.1 Å². The van der Waals surface area contributed by atoms with Crippen molar-refractivity contribution in [2.24, 2.45) is 10.7 Å². The molecular weight excluding hydrogens is 553 g/mol. The number of pyridine rings is 1. The number of hydrogen-bond acceptors (Lipinski definition) is 7. The maximum absolute atomic E-state index is 16.6. The van der Waals surface area contributed by atoms with Crippen LogP contribution in [0.3, 0.4) is 0 Å². The Kier molecular flexibility index (Phi) is 6.99. The number of allylic oxidation sites excluding steroid dienone is 3. The molecule has 0 saturated carbocycles. The summed E-state index contributed by atoms with van der Waals surface area (Å²) in [6.45, 7) is 2.66. The first kappa shape index (κ1) is 27.7. The number of H-pyrrole nitrogens is 1. The van der Waals surface area contributed by atoms with Crippen LogP contribution in [0.4, 0.5) is 18.9 Å². The molecular formula is C32H35F3N8. The largest absolute Gasteiger partial charge is 0.402 e. The van der Waals surface area contributed by atoms with Gasteiger partial charge in [-0.15, -0.1) is 0 Å². The Morgan fingerprint density at radius 3 is 2.70 bits per heavy atom. The molecule has 8 nitrogen and oxygen atoms in total. The van der Waals surface area contributed by atoms with Gasteiger partial charge in [0.2, 0.25) is 0 Å². The number of anilines is 1. The number of piperidine rings is 1. The third-order valence-corrected chi connectivity index (χ3v) is 8.75. The number of hydrogen-bond donors (Lipinski definition) is 2. The SMILES string of the molecule is CN1CN=C(c2nc3c([nH]2)CC(N)=CC=C3N2CCCCC2)c2c1ccc(-c1cncc(CN3CCC(F)(F)C3)c1)c2F. The first-order chi connectivity index (χ1) is 20.8. The summed E-state index contributed by atoms with van der Waals surface area (Å²) in [4.78, 5) is 23.5. The molecule has 224 valence electrons. The Morgan fingerprint density at radius 1 is 1.07 bits per heavy atom. The molecule has 3 aromatic rings. The number of nitrogens with two attached hydrogens (primary N) is 1. The van der Waals surface area contributed by atoms with Gasteiger partial charge in [0.25, 0.3) is 5.92 Å². The van der Waals surface area contributed by atoms with Crippen LogP contribution in [0.15, 0.2) is 53.4 Å². The van der Waals surface area contributed by atoms with Crippen molar-refractivity contribution in [3.63, 3.8) is 0 Å². The molecule has 43 heavy (non-hydrogen) atoms. The maximum Gasteiger partial charge on any atom is 0.261 e. The normalized spacial score (nSPS) is 20.2. The zero-order valence-corrected chi connectivity index (χ0v) is 24.2. The van der Waals surface area contributed by atoms with Crippen LogP contribution in [0.1, 0.15) is 54.0 Å². The molecule has 2 fully saturated rings. The molecule has 0 unspecified atom stereocenters. The molecule has 7 rings (SSSR count). The van der Waals surface area contributed by atoms with Gasteiger partial charge in [0.05, 0.1) is 29.2 Å². The van der Waals surface area contributed by atoms with E-state index >= 15 is 4.39 Å². The Morgan fingerprint density at radius 2 is 1.91 bits per heavy atom. The molecule has 2 aromatic heterocycles. The monoisotopic (exact) mass is 588 g/mol. The van der Waals surface area contributed by atoms with Gasteiger partial charge in [0, 0.05) is 75.3 Å². The Labute approximate surface area is 248 Å². The van der Waals surface area contributed by atoms with E-state index in [0.717, 1.165) is 54.3 Å². The standard InChI is InChI=1S/C32H35F3N8/c1-41-19-38-30(31-39-24-14-22(36)5-7-26(29(24)40-31)43-10-3-2-4-11-43)27-25(41)8-6-23(28(27)33)21-13-20(15-37-16-21)17-42-12-9-32(34,35)18-42/h5-8,13,15-16H,2-4,9-12,14,17-19,36H2,1H3,(H,39,40). The van der Waals surface area contributed by atoms with Crippen LogP contribution < -0.4 is 10.6 Å². The van der Waals surface area contributed by atoms with Crippen molar-refractivity contribution in [2.45, 2.75) is 44.6 Å². The Balaban J connectivity index is 1.25. The lowest BCUT2D eigenvalue weighted by Gasteiger charge is -2.30. The van der Waals surface area contributed by atoms with E-state index in [9.17, 15) is 8.78 Å². The average Bonchev–Trinajstić information content (AvgIpc) is 3.51. The first-order valence-electron chi connectivity index (χ1n) is 14.9. The van der Waals surface area contributed by atoms with Crippen molar-refractivity contribution < 1.29 is 13.2 Å². The van der Waals surface area contributed by atoms with E-state index in [4.69, 9.17) is 15.7 Å². The summed E-state index contributed by atoms with van der Waals surface area (Å²) in [7, 11) is 1.88. The third kappa shape index (κ3) is 5.30. The van der Waals surface area contributed by atoms with Gasteiger partial charge in [-0.1, -0.05) is 0 Å². The molecule has 2 saturated heterocycles. The summed E-state index contributed by atoms with van der Waals surface area (Å²) in [5, 5.41) is 0. The fourth-order valence-corrected chi connectivity index (χ4v) is 6.56. The number of nitrogens with zero attached hydrogens (tertiary/aromatic N) is 6. The number of aromatic nitrogens is 3. The quantitative estimate of drug-likeness (QED) is 0.440. The van der Waals surface area contributed by atoms with E-state index < -0.39 is 11.7 Å². The fraction of sp³-hybridized carbons (Fsp3) is 0.406. The van der Waals surface area contributed by atoms with Crippen LogP contribution >= 0.6 is 0 Å². The topological polar surface area (TPSA) is 89.7 Å². The number of imidazole rings is 1. The van der Waals surface area contributed by atoms with Gasteiger partial charge in [-0.25, -0.2) is 18.2 Å². The van der Waals surface area contributed by atoms with Crippen LogP contribution in [0.2, 0.25) is 0 Å². The van der Waals surface area contributed by atoms with Gasteiger partial charge in [0.15, 0.2) is 5.82 Å². The number of benzene rings is 1. The second-order valence-electron chi connectivity index (χ2n) is 12.0. The van der Waals surface area contributed by atoms with E-state index in [1.165, 1.54) is 6.42 Å². The predicted molar refractivity (Wildman–Crippen MR) is 161 cm³/mol.